The van der Waals surface area contributed by atoms with Gasteiger partial charge in [-0.05, 0) is 19.1 Å². The predicted octanol–water partition coefficient (Wildman–Crippen LogP) is 1.93. The van der Waals surface area contributed by atoms with E-state index in [-0.39, 0.29) is 11.1 Å². The van der Waals surface area contributed by atoms with Crippen LogP contribution in [-0.4, -0.2) is 22.0 Å². The van der Waals surface area contributed by atoms with Crippen LogP contribution in [0.15, 0.2) is 35.0 Å². The van der Waals surface area contributed by atoms with Crippen molar-refractivity contribution in [1.82, 2.24) is 4.98 Å². The second-order valence-electron chi connectivity index (χ2n) is 3.63. The molecule has 0 aliphatic heterocycles. The van der Waals surface area contributed by atoms with E-state index in [2.05, 4.69) is 10.3 Å². The Morgan fingerprint density at radius 3 is 2.61 bits per heavy atom. The fraction of sp³-hybridized carbons (Fsp3) is 0.0833. The van der Waals surface area contributed by atoms with Crippen LogP contribution >= 0.6 is 0 Å². The van der Waals surface area contributed by atoms with Crippen molar-refractivity contribution < 1.29 is 19.1 Å². The molecule has 0 saturated carbocycles. The van der Waals surface area contributed by atoms with Crippen LogP contribution in [0.5, 0.6) is 0 Å². The van der Waals surface area contributed by atoms with E-state index in [4.69, 9.17) is 9.52 Å². The molecule has 0 aromatic carbocycles. The molecule has 0 unspecified atom stereocenters. The van der Waals surface area contributed by atoms with E-state index >= 15 is 0 Å². The van der Waals surface area contributed by atoms with E-state index in [1.165, 1.54) is 18.5 Å². The number of amides is 1. The summed E-state index contributed by atoms with van der Waals surface area (Å²) in [6, 6.07) is 4.57. The Labute approximate surface area is 102 Å². The van der Waals surface area contributed by atoms with Gasteiger partial charge in [-0.2, -0.15) is 0 Å². The number of aryl methyl sites for hydroxylation is 1. The third-order valence-corrected chi connectivity index (χ3v) is 2.22. The minimum Gasteiger partial charge on any atom is -0.478 e. The second-order valence-corrected chi connectivity index (χ2v) is 3.63. The summed E-state index contributed by atoms with van der Waals surface area (Å²) in [5.41, 5.74) is 0.113. The van der Waals surface area contributed by atoms with Crippen LogP contribution in [0, 0.1) is 6.92 Å². The standard InChI is InChI=1S/C12H10N2O4/c1-7-2-3-10(18-7)14-11(15)8-4-9(12(16)17)6-13-5-8/h2-6H,1H3,(H,14,15)(H,16,17). The van der Waals surface area contributed by atoms with Gasteiger partial charge in [0.15, 0.2) is 5.88 Å². The number of aromatic carboxylic acids is 1. The Hall–Kier alpha value is -2.63. The molecule has 18 heavy (non-hydrogen) atoms. The molecule has 6 heteroatoms. The van der Waals surface area contributed by atoms with Gasteiger partial charge in [0.1, 0.15) is 5.76 Å². The first-order valence-corrected chi connectivity index (χ1v) is 5.12. The van der Waals surface area contributed by atoms with Gasteiger partial charge in [-0.3, -0.25) is 15.1 Å². The number of anilines is 1. The van der Waals surface area contributed by atoms with E-state index in [0.29, 0.717) is 11.6 Å². The maximum Gasteiger partial charge on any atom is 0.337 e. The van der Waals surface area contributed by atoms with Crippen LogP contribution in [0.4, 0.5) is 5.88 Å². The molecular formula is C12H10N2O4. The maximum atomic E-state index is 11.8. The molecule has 0 aliphatic carbocycles. The Morgan fingerprint density at radius 1 is 1.28 bits per heavy atom. The number of furan rings is 1. The molecule has 2 N–H and O–H groups in total. The van der Waals surface area contributed by atoms with Gasteiger partial charge in [-0.25, -0.2) is 4.79 Å². The lowest BCUT2D eigenvalue weighted by atomic mass is 10.2. The van der Waals surface area contributed by atoms with Crippen molar-refractivity contribution in [2.24, 2.45) is 0 Å². The number of pyridine rings is 1. The summed E-state index contributed by atoms with van der Waals surface area (Å²) in [6.45, 7) is 1.75. The number of carbonyl (C=O) groups is 2. The van der Waals surface area contributed by atoms with Crippen LogP contribution in [0.1, 0.15) is 26.5 Å². The molecule has 0 fully saturated rings. The van der Waals surface area contributed by atoms with Crippen molar-refractivity contribution >= 4 is 17.8 Å². The lowest BCUT2D eigenvalue weighted by Gasteiger charge is -2.02. The Balaban J connectivity index is 2.18. The molecule has 2 heterocycles. The average Bonchev–Trinajstić information content (AvgIpc) is 2.75. The number of nitrogens with zero attached hydrogens (tertiary/aromatic N) is 1. The maximum absolute atomic E-state index is 11.8. The second kappa shape index (κ2) is 4.70. The highest BCUT2D eigenvalue weighted by atomic mass is 16.4. The van der Waals surface area contributed by atoms with Gasteiger partial charge in [0.05, 0.1) is 11.1 Å². The zero-order valence-electron chi connectivity index (χ0n) is 9.51. The molecule has 6 nitrogen and oxygen atoms in total. The molecule has 92 valence electrons. The monoisotopic (exact) mass is 246 g/mol. The smallest absolute Gasteiger partial charge is 0.337 e. The number of aromatic nitrogens is 1. The van der Waals surface area contributed by atoms with Crippen LogP contribution in [0.2, 0.25) is 0 Å². The molecule has 1 amide bonds. The number of carboxylic acid groups (broad SMARTS) is 1. The van der Waals surface area contributed by atoms with Crippen molar-refractivity contribution in [3.63, 3.8) is 0 Å². The van der Waals surface area contributed by atoms with Gasteiger partial charge in [0, 0.05) is 18.5 Å². The molecule has 2 aromatic heterocycles. The van der Waals surface area contributed by atoms with Gasteiger partial charge in [-0.15, -0.1) is 0 Å². The highest BCUT2D eigenvalue weighted by molar-refractivity contribution is 6.04. The van der Waals surface area contributed by atoms with Gasteiger partial charge < -0.3 is 9.52 Å². The van der Waals surface area contributed by atoms with E-state index in [0.717, 1.165) is 0 Å². The summed E-state index contributed by atoms with van der Waals surface area (Å²) in [5, 5.41) is 11.3. The first-order valence-electron chi connectivity index (χ1n) is 5.12. The quantitative estimate of drug-likeness (QED) is 0.863. The Bertz CT molecular complexity index is 604. The lowest BCUT2D eigenvalue weighted by molar-refractivity contribution is 0.0696. The SMILES string of the molecule is Cc1ccc(NC(=O)c2cncc(C(=O)O)c2)o1. The van der Waals surface area contributed by atoms with E-state index < -0.39 is 11.9 Å². The van der Waals surface area contributed by atoms with E-state index in [1.54, 1.807) is 19.1 Å². The Morgan fingerprint density at radius 2 is 2.00 bits per heavy atom. The summed E-state index contributed by atoms with van der Waals surface area (Å²) in [4.78, 5) is 26.2. The highest BCUT2D eigenvalue weighted by Gasteiger charge is 2.11. The zero-order valence-corrected chi connectivity index (χ0v) is 9.51. The number of hydrogen-bond acceptors (Lipinski definition) is 4. The topological polar surface area (TPSA) is 92.4 Å². The fourth-order valence-corrected chi connectivity index (χ4v) is 1.37. The number of hydrogen-bond donors (Lipinski definition) is 2. The number of rotatable bonds is 3. The van der Waals surface area contributed by atoms with Crippen molar-refractivity contribution in [2.45, 2.75) is 6.92 Å². The first kappa shape index (κ1) is 11.8. The number of carboxylic acids is 1. The molecule has 0 spiro atoms. The van der Waals surface area contributed by atoms with Gasteiger partial charge in [0.2, 0.25) is 0 Å². The lowest BCUT2D eigenvalue weighted by Crippen LogP contribution is -2.12. The Kier molecular flexibility index (Phi) is 3.09. The number of carbonyl (C=O) groups excluding carboxylic acids is 1. The van der Waals surface area contributed by atoms with Crippen LogP contribution in [-0.2, 0) is 0 Å². The first-order chi connectivity index (χ1) is 8.56. The summed E-state index contributed by atoms with van der Waals surface area (Å²) in [5.74, 6) is -0.633. The normalized spacial score (nSPS) is 10.1. The molecule has 2 rings (SSSR count). The summed E-state index contributed by atoms with van der Waals surface area (Å²) < 4.78 is 5.18. The molecule has 0 atom stereocenters. The van der Waals surface area contributed by atoms with Gasteiger partial charge in [0.25, 0.3) is 5.91 Å². The molecule has 0 bridgehead atoms. The van der Waals surface area contributed by atoms with Gasteiger partial charge in [-0.1, -0.05) is 0 Å². The minimum absolute atomic E-state index is 0.0433. The third kappa shape index (κ3) is 2.54. The average molecular weight is 246 g/mol. The molecular weight excluding hydrogens is 236 g/mol. The van der Waals surface area contributed by atoms with E-state index in [1.807, 2.05) is 0 Å². The minimum atomic E-state index is -1.13. The number of nitrogens with one attached hydrogen (secondary N) is 1. The summed E-state index contributed by atoms with van der Waals surface area (Å²) in [7, 11) is 0. The van der Waals surface area contributed by atoms with Crippen molar-refractivity contribution in [2.75, 3.05) is 5.32 Å². The molecule has 2 aromatic rings. The van der Waals surface area contributed by atoms with Gasteiger partial charge >= 0.3 is 5.97 Å². The summed E-state index contributed by atoms with van der Waals surface area (Å²) >= 11 is 0. The predicted molar refractivity (Wildman–Crippen MR) is 62.6 cm³/mol. The molecule has 0 radical (unpaired) electrons. The van der Waals surface area contributed by atoms with Crippen molar-refractivity contribution in [3.05, 3.63) is 47.5 Å². The molecule has 0 saturated heterocycles. The van der Waals surface area contributed by atoms with Crippen molar-refractivity contribution in [1.29, 1.82) is 0 Å². The largest absolute Gasteiger partial charge is 0.478 e. The van der Waals surface area contributed by atoms with Crippen LogP contribution in [0.3, 0.4) is 0 Å². The summed E-state index contributed by atoms with van der Waals surface area (Å²) in [6.07, 6.45) is 2.47. The highest BCUT2D eigenvalue weighted by Crippen LogP contribution is 2.13. The van der Waals surface area contributed by atoms with E-state index in [9.17, 15) is 9.59 Å². The fourth-order valence-electron chi connectivity index (χ4n) is 1.37. The zero-order chi connectivity index (χ0) is 13.1. The van der Waals surface area contributed by atoms with Crippen molar-refractivity contribution in [3.8, 4) is 0 Å². The van der Waals surface area contributed by atoms with Crippen LogP contribution in [0.25, 0.3) is 0 Å². The molecule has 0 aliphatic rings. The van der Waals surface area contributed by atoms with Crippen LogP contribution < -0.4 is 5.32 Å². The third-order valence-electron chi connectivity index (χ3n) is 2.22.